The third kappa shape index (κ3) is 3.66. The van der Waals surface area contributed by atoms with Crippen molar-refractivity contribution < 1.29 is 14.1 Å². The van der Waals surface area contributed by atoms with Crippen molar-refractivity contribution in [3.63, 3.8) is 0 Å². The Balaban J connectivity index is 2.03. The monoisotopic (exact) mass is 308 g/mol. The van der Waals surface area contributed by atoms with Gasteiger partial charge in [0, 0.05) is 13.1 Å². The number of carbonyl (C=O) groups is 1. The Labute approximate surface area is 134 Å². The molecule has 0 radical (unpaired) electrons. The maximum absolute atomic E-state index is 12.4. The second kappa shape index (κ2) is 6.63. The molecule has 2 heterocycles. The molecule has 2 rings (SSSR count). The lowest BCUT2D eigenvalue weighted by molar-refractivity contribution is 0.00578. The van der Waals surface area contributed by atoms with E-state index in [1.165, 1.54) is 6.42 Å². The lowest BCUT2D eigenvalue weighted by Gasteiger charge is -2.32. The van der Waals surface area contributed by atoms with Crippen molar-refractivity contribution in [3.8, 4) is 0 Å². The van der Waals surface area contributed by atoms with Crippen molar-refractivity contribution in [3.05, 3.63) is 12.2 Å². The molecular formula is C16H29BN2O3. The summed E-state index contributed by atoms with van der Waals surface area (Å²) in [4.78, 5) is 14.3. The van der Waals surface area contributed by atoms with Crippen LogP contribution in [0.2, 0.25) is 0 Å². The van der Waals surface area contributed by atoms with E-state index in [4.69, 9.17) is 9.31 Å². The van der Waals surface area contributed by atoms with Crippen molar-refractivity contribution in [2.45, 2.75) is 71.0 Å². The van der Waals surface area contributed by atoms with Gasteiger partial charge in [-0.1, -0.05) is 12.2 Å². The summed E-state index contributed by atoms with van der Waals surface area (Å²) < 4.78 is 12.1. The van der Waals surface area contributed by atoms with Crippen molar-refractivity contribution in [2.24, 2.45) is 0 Å². The molecule has 1 unspecified atom stereocenters. The van der Waals surface area contributed by atoms with E-state index in [-0.39, 0.29) is 12.0 Å². The summed E-state index contributed by atoms with van der Waals surface area (Å²) in [6, 6.07) is -0.0301. The van der Waals surface area contributed by atoms with E-state index in [0.29, 0.717) is 0 Å². The van der Waals surface area contributed by atoms with Gasteiger partial charge < -0.3 is 19.5 Å². The minimum absolute atomic E-state index is 0.0301. The third-order valence-corrected chi connectivity index (χ3v) is 4.90. The molecule has 2 amide bonds. The molecule has 0 aromatic heterocycles. The number of urea groups is 1. The third-order valence-electron chi connectivity index (χ3n) is 4.90. The molecule has 5 nitrogen and oxygen atoms in total. The number of piperidine rings is 1. The zero-order valence-corrected chi connectivity index (χ0v) is 14.5. The highest BCUT2D eigenvalue weighted by atomic mass is 16.7. The Bertz CT molecular complexity index is 415. The first-order chi connectivity index (χ1) is 10.3. The molecule has 0 bridgehead atoms. The number of allylic oxidation sites excluding steroid dienone is 1. The van der Waals surface area contributed by atoms with Crippen LogP contribution in [-0.4, -0.2) is 48.3 Å². The number of carbonyl (C=O) groups excluding carboxylic acids is 1. The van der Waals surface area contributed by atoms with Gasteiger partial charge in [-0.15, -0.1) is 0 Å². The smallest absolute Gasteiger partial charge is 0.402 e. The predicted molar refractivity (Wildman–Crippen MR) is 88.6 cm³/mol. The van der Waals surface area contributed by atoms with E-state index < -0.39 is 18.3 Å². The second-order valence-electron chi connectivity index (χ2n) is 7.17. The van der Waals surface area contributed by atoms with Crippen LogP contribution in [0.1, 0.15) is 53.9 Å². The summed E-state index contributed by atoms with van der Waals surface area (Å²) in [5.41, 5.74) is -0.791. The maximum atomic E-state index is 12.4. The predicted octanol–water partition coefficient (Wildman–Crippen LogP) is 2.76. The number of amides is 2. The van der Waals surface area contributed by atoms with E-state index in [2.05, 4.69) is 5.32 Å². The van der Waals surface area contributed by atoms with Gasteiger partial charge in [0.05, 0.1) is 17.1 Å². The Hall–Kier alpha value is -1.01. The molecule has 124 valence electrons. The van der Waals surface area contributed by atoms with Crippen LogP contribution in [0.4, 0.5) is 4.79 Å². The van der Waals surface area contributed by atoms with E-state index in [0.717, 1.165) is 25.9 Å². The fourth-order valence-electron chi connectivity index (χ4n) is 2.78. The molecule has 2 aliphatic heterocycles. The largest absolute Gasteiger partial charge is 0.486 e. The van der Waals surface area contributed by atoms with Gasteiger partial charge in [-0.2, -0.15) is 0 Å². The molecule has 0 saturated carbocycles. The van der Waals surface area contributed by atoms with Gasteiger partial charge in [0.25, 0.3) is 0 Å². The highest BCUT2D eigenvalue weighted by molar-refractivity contribution is 6.48. The Kier molecular flexibility index (Phi) is 5.23. The minimum atomic E-state index is -0.463. The Morgan fingerprint density at radius 2 is 1.68 bits per heavy atom. The normalized spacial score (nSPS) is 25.5. The lowest BCUT2D eigenvalue weighted by Crippen LogP contribution is -2.52. The van der Waals surface area contributed by atoms with Crippen LogP contribution in [0.3, 0.4) is 0 Å². The molecule has 0 aromatic rings. The van der Waals surface area contributed by atoms with Gasteiger partial charge in [-0.05, 0) is 53.9 Å². The standard InChI is InChI=1S/C16H29BN2O3/c1-6-10-13(17-21-15(2,3)16(4,5)22-17)18-14(20)19-11-8-7-9-12-19/h6,10,13H,7-9,11-12H2,1-5H3,(H,18,20)/b10-6+. The van der Waals surface area contributed by atoms with Crippen LogP contribution < -0.4 is 5.32 Å². The van der Waals surface area contributed by atoms with Gasteiger partial charge in [0.1, 0.15) is 0 Å². The first kappa shape index (κ1) is 17.4. The molecule has 2 saturated heterocycles. The minimum Gasteiger partial charge on any atom is -0.402 e. The van der Waals surface area contributed by atoms with E-state index in [9.17, 15) is 4.79 Å². The Morgan fingerprint density at radius 1 is 1.14 bits per heavy atom. The fourth-order valence-corrected chi connectivity index (χ4v) is 2.78. The van der Waals surface area contributed by atoms with E-state index >= 15 is 0 Å². The van der Waals surface area contributed by atoms with Gasteiger partial charge in [0.2, 0.25) is 0 Å². The van der Waals surface area contributed by atoms with Crippen LogP contribution in [0.25, 0.3) is 0 Å². The Morgan fingerprint density at radius 3 is 2.18 bits per heavy atom. The fraction of sp³-hybridized carbons (Fsp3) is 0.812. The number of likely N-dealkylation sites (tertiary alicyclic amines) is 1. The van der Waals surface area contributed by atoms with Crippen molar-refractivity contribution in [1.82, 2.24) is 10.2 Å². The summed E-state index contributed by atoms with van der Waals surface area (Å²) >= 11 is 0. The first-order valence-electron chi connectivity index (χ1n) is 8.31. The zero-order valence-electron chi connectivity index (χ0n) is 14.5. The van der Waals surface area contributed by atoms with Crippen molar-refractivity contribution in [2.75, 3.05) is 13.1 Å². The van der Waals surface area contributed by atoms with Gasteiger partial charge in [0.15, 0.2) is 0 Å². The molecular weight excluding hydrogens is 279 g/mol. The quantitative estimate of drug-likeness (QED) is 0.644. The molecule has 2 aliphatic rings. The molecule has 22 heavy (non-hydrogen) atoms. The summed E-state index contributed by atoms with van der Waals surface area (Å²) in [7, 11) is -0.463. The molecule has 6 heteroatoms. The van der Waals surface area contributed by atoms with Crippen LogP contribution in [0.15, 0.2) is 12.2 Å². The van der Waals surface area contributed by atoms with Crippen molar-refractivity contribution in [1.29, 1.82) is 0 Å². The van der Waals surface area contributed by atoms with Crippen LogP contribution in [0, 0.1) is 0 Å². The van der Waals surface area contributed by atoms with Gasteiger partial charge in [-0.25, -0.2) is 4.79 Å². The average molecular weight is 308 g/mol. The summed E-state index contributed by atoms with van der Waals surface area (Å²) in [6.07, 6.45) is 7.23. The SMILES string of the molecule is C/C=C/C(NC(=O)N1CCCCC1)B1OC(C)(C)C(C)(C)O1. The van der Waals surface area contributed by atoms with E-state index in [1.54, 1.807) is 0 Å². The lowest BCUT2D eigenvalue weighted by atomic mass is 9.78. The zero-order chi connectivity index (χ0) is 16.4. The maximum Gasteiger partial charge on any atom is 0.486 e. The number of nitrogens with one attached hydrogen (secondary N) is 1. The summed E-state index contributed by atoms with van der Waals surface area (Å²) in [6.45, 7) is 11.7. The van der Waals surface area contributed by atoms with Gasteiger partial charge >= 0.3 is 13.1 Å². The van der Waals surface area contributed by atoms with Gasteiger partial charge in [-0.3, -0.25) is 0 Å². The first-order valence-corrected chi connectivity index (χ1v) is 8.31. The number of hydrogen-bond acceptors (Lipinski definition) is 3. The second-order valence-corrected chi connectivity index (χ2v) is 7.17. The molecule has 0 aliphatic carbocycles. The molecule has 1 atom stereocenters. The molecule has 1 N–H and O–H groups in total. The topological polar surface area (TPSA) is 50.8 Å². The highest BCUT2D eigenvalue weighted by Crippen LogP contribution is 2.37. The van der Waals surface area contributed by atoms with Crippen LogP contribution in [0.5, 0.6) is 0 Å². The number of hydrogen-bond donors (Lipinski definition) is 1. The number of nitrogens with zero attached hydrogens (tertiary/aromatic N) is 1. The number of rotatable bonds is 3. The summed E-state index contributed by atoms with van der Waals surface area (Å²) in [5, 5.41) is 3.06. The van der Waals surface area contributed by atoms with Crippen LogP contribution in [-0.2, 0) is 9.31 Å². The van der Waals surface area contributed by atoms with Crippen molar-refractivity contribution >= 4 is 13.1 Å². The summed E-state index contributed by atoms with van der Waals surface area (Å²) in [5.74, 6) is -0.277. The van der Waals surface area contributed by atoms with Crippen LogP contribution >= 0.6 is 0 Å². The average Bonchev–Trinajstić information content (AvgIpc) is 2.68. The molecule has 0 spiro atoms. The van der Waals surface area contributed by atoms with E-state index in [1.807, 2.05) is 51.7 Å². The molecule has 2 fully saturated rings. The highest BCUT2D eigenvalue weighted by Gasteiger charge is 2.53. The molecule has 0 aromatic carbocycles.